The Morgan fingerprint density at radius 3 is 2.54 bits per heavy atom. The molecule has 0 saturated heterocycles. The first-order chi connectivity index (χ1) is 11.3. The lowest BCUT2D eigenvalue weighted by atomic mass is 9.96. The van der Waals surface area contributed by atoms with Crippen molar-refractivity contribution in [1.29, 1.82) is 0 Å². The number of benzene rings is 2. The van der Waals surface area contributed by atoms with Crippen LogP contribution in [0, 0.1) is 0 Å². The number of nitrogens with zero attached hydrogens (tertiary/aromatic N) is 1. The molecule has 2 rings (SSSR count). The third-order valence-corrected chi connectivity index (χ3v) is 4.31. The molecule has 0 fully saturated rings. The minimum atomic E-state index is -1.09. The molecule has 0 bridgehead atoms. The quantitative estimate of drug-likeness (QED) is 0.556. The Morgan fingerprint density at radius 1 is 1.25 bits per heavy atom. The number of rotatable bonds is 5. The number of aliphatic hydroxyl groups is 1. The van der Waals surface area contributed by atoms with Gasteiger partial charge < -0.3 is 16.2 Å². The van der Waals surface area contributed by atoms with E-state index in [1.165, 1.54) is 0 Å². The van der Waals surface area contributed by atoms with E-state index in [0.29, 0.717) is 10.0 Å². The van der Waals surface area contributed by atoms with E-state index in [0.717, 1.165) is 11.1 Å². The summed E-state index contributed by atoms with van der Waals surface area (Å²) in [6.07, 6.45) is 0. The van der Waals surface area contributed by atoms with Gasteiger partial charge in [-0.1, -0.05) is 59.6 Å². The van der Waals surface area contributed by atoms with Gasteiger partial charge in [0.05, 0.1) is 12.6 Å². The zero-order valence-electron chi connectivity index (χ0n) is 13.6. The first-order valence-corrected chi connectivity index (χ1v) is 8.34. The standard InChI is InChI=1S/C18H21Cl2N3O/c1-12(15-9-8-14(19)10-16(15)20)23-17(21)22-11-18(2,24)13-6-4-3-5-7-13/h3-10,12,24H,11H2,1-2H3,(H3,21,22,23). The molecule has 0 radical (unpaired) electrons. The molecule has 0 aliphatic rings. The molecular weight excluding hydrogens is 345 g/mol. The number of guanidine groups is 1. The van der Waals surface area contributed by atoms with Crippen LogP contribution in [0.1, 0.15) is 31.0 Å². The van der Waals surface area contributed by atoms with Crippen LogP contribution in [-0.2, 0) is 5.60 Å². The van der Waals surface area contributed by atoms with Crippen molar-refractivity contribution in [3.05, 3.63) is 69.7 Å². The lowest BCUT2D eigenvalue weighted by Crippen LogP contribution is -2.36. The van der Waals surface area contributed by atoms with Crippen LogP contribution in [-0.4, -0.2) is 17.6 Å². The van der Waals surface area contributed by atoms with E-state index in [9.17, 15) is 5.11 Å². The molecule has 0 spiro atoms. The topological polar surface area (TPSA) is 70.6 Å². The Bertz CT molecular complexity index is 717. The Labute approximate surface area is 152 Å². The van der Waals surface area contributed by atoms with Gasteiger partial charge in [0.25, 0.3) is 0 Å². The van der Waals surface area contributed by atoms with Crippen molar-refractivity contribution < 1.29 is 5.11 Å². The van der Waals surface area contributed by atoms with Gasteiger partial charge in [-0.3, -0.25) is 4.99 Å². The Morgan fingerprint density at radius 2 is 1.92 bits per heavy atom. The molecule has 4 nitrogen and oxygen atoms in total. The SMILES string of the molecule is CC(NC(N)=NCC(C)(O)c1ccccc1)c1ccc(Cl)cc1Cl. The summed E-state index contributed by atoms with van der Waals surface area (Å²) in [5, 5.41) is 14.7. The van der Waals surface area contributed by atoms with Crippen LogP contribution in [0.3, 0.4) is 0 Å². The smallest absolute Gasteiger partial charge is 0.189 e. The minimum absolute atomic E-state index is 0.139. The summed E-state index contributed by atoms with van der Waals surface area (Å²) in [6, 6.07) is 14.5. The van der Waals surface area contributed by atoms with Crippen molar-refractivity contribution >= 4 is 29.2 Å². The predicted octanol–water partition coefficient (Wildman–Crippen LogP) is 3.87. The molecule has 2 atom stereocenters. The van der Waals surface area contributed by atoms with Crippen molar-refractivity contribution in [3.8, 4) is 0 Å². The normalized spacial score (nSPS) is 15.6. The summed E-state index contributed by atoms with van der Waals surface area (Å²) in [5.41, 5.74) is 6.50. The predicted molar refractivity (Wildman–Crippen MR) is 101 cm³/mol. The second-order valence-electron chi connectivity index (χ2n) is 5.87. The zero-order chi connectivity index (χ0) is 17.7. The number of aliphatic imine (C=N–C) groups is 1. The van der Waals surface area contributed by atoms with Crippen LogP contribution < -0.4 is 11.1 Å². The van der Waals surface area contributed by atoms with Crippen LogP contribution in [0.25, 0.3) is 0 Å². The molecular formula is C18H21Cl2N3O. The maximum Gasteiger partial charge on any atom is 0.189 e. The molecule has 0 aromatic heterocycles. The summed E-state index contributed by atoms with van der Waals surface area (Å²) in [5.74, 6) is 0.240. The van der Waals surface area contributed by atoms with Gasteiger partial charge in [0, 0.05) is 10.0 Å². The van der Waals surface area contributed by atoms with E-state index in [-0.39, 0.29) is 18.5 Å². The van der Waals surface area contributed by atoms with Crippen LogP contribution in [0.5, 0.6) is 0 Å². The van der Waals surface area contributed by atoms with Crippen LogP contribution >= 0.6 is 23.2 Å². The number of halogens is 2. The first-order valence-electron chi connectivity index (χ1n) is 7.59. The minimum Gasteiger partial charge on any atom is -0.384 e. The van der Waals surface area contributed by atoms with E-state index in [4.69, 9.17) is 28.9 Å². The summed E-state index contributed by atoms with van der Waals surface area (Å²) < 4.78 is 0. The monoisotopic (exact) mass is 365 g/mol. The first kappa shape index (κ1) is 18.6. The molecule has 0 aliphatic carbocycles. The van der Waals surface area contributed by atoms with Gasteiger partial charge in [-0.25, -0.2) is 0 Å². The number of nitrogens with one attached hydrogen (secondary N) is 1. The van der Waals surface area contributed by atoms with Gasteiger partial charge in [0.1, 0.15) is 5.60 Å². The summed E-state index contributed by atoms with van der Waals surface area (Å²) in [6.45, 7) is 3.78. The lowest BCUT2D eigenvalue weighted by Gasteiger charge is -2.22. The Balaban J connectivity index is 2.03. The fraction of sp³-hybridized carbons (Fsp3) is 0.278. The summed E-state index contributed by atoms with van der Waals surface area (Å²) in [7, 11) is 0. The highest BCUT2D eigenvalue weighted by Gasteiger charge is 2.22. The molecule has 2 aromatic rings. The van der Waals surface area contributed by atoms with Gasteiger partial charge in [-0.15, -0.1) is 0 Å². The highest BCUT2D eigenvalue weighted by atomic mass is 35.5. The van der Waals surface area contributed by atoms with Crippen molar-refractivity contribution in [2.24, 2.45) is 10.7 Å². The highest BCUT2D eigenvalue weighted by Crippen LogP contribution is 2.26. The van der Waals surface area contributed by atoms with E-state index in [2.05, 4.69) is 10.3 Å². The van der Waals surface area contributed by atoms with Crippen LogP contribution in [0.4, 0.5) is 0 Å². The molecule has 2 unspecified atom stereocenters. The van der Waals surface area contributed by atoms with Gasteiger partial charge >= 0.3 is 0 Å². The van der Waals surface area contributed by atoms with Crippen molar-refractivity contribution in [1.82, 2.24) is 5.32 Å². The molecule has 4 N–H and O–H groups in total. The molecule has 6 heteroatoms. The third kappa shape index (κ3) is 4.87. The maximum absolute atomic E-state index is 10.5. The molecule has 0 aliphatic heterocycles. The van der Waals surface area contributed by atoms with Crippen molar-refractivity contribution in [2.75, 3.05) is 6.54 Å². The molecule has 2 aromatic carbocycles. The average Bonchev–Trinajstić information content (AvgIpc) is 2.54. The molecule has 128 valence electrons. The van der Waals surface area contributed by atoms with Gasteiger partial charge in [0.15, 0.2) is 5.96 Å². The molecule has 0 heterocycles. The van der Waals surface area contributed by atoms with Gasteiger partial charge in [-0.05, 0) is 37.1 Å². The highest BCUT2D eigenvalue weighted by molar-refractivity contribution is 6.35. The van der Waals surface area contributed by atoms with E-state index in [1.807, 2.05) is 43.3 Å². The number of hydrogen-bond acceptors (Lipinski definition) is 2. The fourth-order valence-electron chi connectivity index (χ4n) is 2.33. The third-order valence-electron chi connectivity index (χ3n) is 3.75. The Kier molecular flexibility index (Phi) is 6.10. The largest absolute Gasteiger partial charge is 0.384 e. The van der Waals surface area contributed by atoms with E-state index in [1.54, 1.807) is 19.1 Å². The van der Waals surface area contributed by atoms with Gasteiger partial charge in [0.2, 0.25) is 0 Å². The van der Waals surface area contributed by atoms with Crippen molar-refractivity contribution in [3.63, 3.8) is 0 Å². The average molecular weight is 366 g/mol. The number of nitrogens with two attached hydrogens (primary N) is 1. The molecule has 0 saturated carbocycles. The number of hydrogen-bond donors (Lipinski definition) is 3. The second kappa shape index (κ2) is 7.88. The van der Waals surface area contributed by atoms with Crippen LogP contribution in [0.2, 0.25) is 10.0 Å². The van der Waals surface area contributed by atoms with E-state index >= 15 is 0 Å². The van der Waals surface area contributed by atoms with E-state index < -0.39 is 5.60 Å². The summed E-state index contributed by atoms with van der Waals surface area (Å²) in [4.78, 5) is 4.25. The van der Waals surface area contributed by atoms with Gasteiger partial charge in [-0.2, -0.15) is 0 Å². The molecule has 24 heavy (non-hydrogen) atoms. The second-order valence-corrected chi connectivity index (χ2v) is 6.72. The fourth-order valence-corrected chi connectivity index (χ4v) is 2.90. The summed E-state index contributed by atoms with van der Waals surface area (Å²) >= 11 is 12.1. The molecule has 0 amide bonds. The zero-order valence-corrected chi connectivity index (χ0v) is 15.1. The maximum atomic E-state index is 10.5. The van der Waals surface area contributed by atoms with Crippen LogP contribution in [0.15, 0.2) is 53.5 Å². The van der Waals surface area contributed by atoms with Crippen molar-refractivity contribution in [2.45, 2.75) is 25.5 Å². The lowest BCUT2D eigenvalue weighted by molar-refractivity contribution is 0.0673. The Hall–Kier alpha value is -1.75.